The van der Waals surface area contributed by atoms with Crippen LogP contribution in [-0.4, -0.2) is 16.6 Å². The van der Waals surface area contributed by atoms with Gasteiger partial charge in [0.1, 0.15) is 5.49 Å². The van der Waals surface area contributed by atoms with Crippen LogP contribution in [0.15, 0.2) is 41.5 Å². The quantitative estimate of drug-likeness (QED) is 0.637. The third-order valence-corrected chi connectivity index (χ3v) is 2.96. The lowest BCUT2D eigenvalue weighted by Gasteiger charge is -2.06. The first-order valence-electron chi connectivity index (χ1n) is 6.02. The number of methoxy groups -OCH3 is 1. The minimum Gasteiger partial charge on any atom is -0.490 e. The molecule has 0 aliphatic heterocycles. The van der Waals surface area contributed by atoms with Crippen molar-refractivity contribution in [2.24, 2.45) is 12.0 Å². The molecule has 0 saturated carbocycles. The molecule has 0 aliphatic rings. The zero-order valence-corrected chi connectivity index (χ0v) is 11.5. The van der Waals surface area contributed by atoms with Crippen molar-refractivity contribution in [3.05, 3.63) is 57.7 Å². The fourth-order valence-electron chi connectivity index (χ4n) is 1.84. The molecule has 6 heteroatoms. The first-order chi connectivity index (χ1) is 9.52. The molecule has 0 unspecified atom stereocenters. The highest BCUT2D eigenvalue weighted by Gasteiger charge is 2.17. The van der Waals surface area contributed by atoms with Gasteiger partial charge >= 0.3 is 5.69 Å². The molecule has 1 aromatic heterocycles. The van der Waals surface area contributed by atoms with E-state index in [2.05, 4.69) is 4.99 Å². The Hall–Kier alpha value is -2.63. The summed E-state index contributed by atoms with van der Waals surface area (Å²) in [6, 6.07) is 8.72. The van der Waals surface area contributed by atoms with Gasteiger partial charge in [-0.2, -0.15) is 0 Å². The summed E-state index contributed by atoms with van der Waals surface area (Å²) < 4.78 is 6.93. The first kappa shape index (κ1) is 13.8. The van der Waals surface area contributed by atoms with Crippen LogP contribution in [0.5, 0.6) is 5.75 Å². The van der Waals surface area contributed by atoms with Gasteiger partial charge in [-0.25, -0.2) is 4.99 Å². The molecule has 0 N–H and O–H groups in total. The molecule has 0 radical (unpaired) electrons. The molecule has 2 rings (SSSR count). The second kappa shape index (κ2) is 5.56. The Morgan fingerprint density at radius 2 is 2.10 bits per heavy atom. The summed E-state index contributed by atoms with van der Waals surface area (Å²) in [5.41, 5.74) is 2.07. The predicted octanol–water partition coefficient (Wildman–Crippen LogP) is 2.48. The minimum absolute atomic E-state index is 0.0543. The number of aryl methyl sites for hydroxylation is 2. The van der Waals surface area contributed by atoms with Gasteiger partial charge in [0, 0.05) is 25.4 Å². The number of hydrogen-bond donors (Lipinski definition) is 0. The molecule has 6 nitrogen and oxygen atoms in total. The summed E-state index contributed by atoms with van der Waals surface area (Å²) in [6.07, 6.45) is 1.89. The van der Waals surface area contributed by atoms with E-state index >= 15 is 0 Å². The smallest absolute Gasteiger partial charge is 0.311 e. The number of ether oxygens (including phenoxy) is 1. The largest absolute Gasteiger partial charge is 0.490 e. The first-order valence-corrected chi connectivity index (χ1v) is 6.02. The zero-order chi connectivity index (χ0) is 14.7. The Labute approximate surface area is 116 Å². The lowest BCUT2D eigenvalue weighted by atomic mass is 10.1. The van der Waals surface area contributed by atoms with E-state index in [9.17, 15) is 10.1 Å². The summed E-state index contributed by atoms with van der Waals surface area (Å²) in [7, 11) is 3.29. The SMILES string of the molecule is COc1cc(N=c2ccccn2C)c(C)cc1[N+](=O)[O-]. The fourth-order valence-corrected chi connectivity index (χ4v) is 1.84. The number of pyridine rings is 1. The Morgan fingerprint density at radius 1 is 1.35 bits per heavy atom. The van der Waals surface area contributed by atoms with Gasteiger partial charge in [0.15, 0.2) is 5.75 Å². The van der Waals surface area contributed by atoms with Crippen LogP contribution in [0.3, 0.4) is 0 Å². The Balaban J connectivity index is 2.62. The highest BCUT2D eigenvalue weighted by atomic mass is 16.6. The monoisotopic (exact) mass is 273 g/mol. The maximum atomic E-state index is 10.9. The van der Waals surface area contributed by atoms with Crippen LogP contribution in [0.2, 0.25) is 0 Å². The van der Waals surface area contributed by atoms with Crippen LogP contribution in [0.4, 0.5) is 11.4 Å². The van der Waals surface area contributed by atoms with Gasteiger partial charge in [-0.05, 0) is 24.6 Å². The van der Waals surface area contributed by atoms with E-state index in [0.717, 1.165) is 11.1 Å². The van der Waals surface area contributed by atoms with Crippen molar-refractivity contribution in [1.82, 2.24) is 4.57 Å². The summed E-state index contributed by atoms with van der Waals surface area (Å²) in [5, 5.41) is 10.9. The number of rotatable bonds is 3. The molecule has 1 heterocycles. The molecule has 1 aromatic carbocycles. The fraction of sp³-hybridized carbons (Fsp3) is 0.214. The average molecular weight is 273 g/mol. The van der Waals surface area contributed by atoms with Crippen molar-refractivity contribution >= 4 is 11.4 Å². The van der Waals surface area contributed by atoms with Gasteiger partial charge < -0.3 is 9.30 Å². The molecule has 0 atom stereocenters. The number of nitro groups is 1. The highest BCUT2D eigenvalue weighted by Crippen LogP contribution is 2.33. The molecule has 2 aromatic rings. The van der Waals surface area contributed by atoms with Gasteiger partial charge in [-0.15, -0.1) is 0 Å². The summed E-state index contributed by atoms with van der Waals surface area (Å²) in [5.74, 6) is 0.206. The zero-order valence-electron chi connectivity index (χ0n) is 11.5. The number of aromatic nitrogens is 1. The summed E-state index contributed by atoms with van der Waals surface area (Å²) in [6.45, 7) is 1.79. The van der Waals surface area contributed by atoms with Crippen LogP contribution in [0, 0.1) is 17.0 Å². The second-order valence-electron chi connectivity index (χ2n) is 4.35. The van der Waals surface area contributed by atoms with Crippen LogP contribution in [0.1, 0.15) is 5.56 Å². The van der Waals surface area contributed by atoms with E-state index < -0.39 is 4.92 Å². The maximum Gasteiger partial charge on any atom is 0.311 e. The molecule has 104 valence electrons. The molecule has 0 saturated heterocycles. The van der Waals surface area contributed by atoms with E-state index in [0.29, 0.717) is 5.69 Å². The van der Waals surface area contributed by atoms with Crippen LogP contribution >= 0.6 is 0 Å². The van der Waals surface area contributed by atoms with Gasteiger partial charge in [-0.1, -0.05) is 6.07 Å². The van der Waals surface area contributed by atoms with Gasteiger partial charge in [0.05, 0.1) is 17.7 Å². The molecular weight excluding hydrogens is 258 g/mol. The van der Waals surface area contributed by atoms with Crippen molar-refractivity contribution in [3.63, 3.8) is 0 Å². The Kier molecular flexibility index (Phi) is 3.84. The highest BCUT2D eigenvalue weighted by molar-refractivity contribution is 5.60. The molecule has 20 heavy (non-hydrogen) atoms. The third-order valence-electron chi connectivity index (χ3n) is 2.96. The average Bonchev–Trinajstić information content (AvgIpc) is 2.42. The van der Waals surface area contributed by atoms with Crippen molar-refractivity contribution in [2.75, 3.05) is 7.11 Å². The van der Waals surface area contributed by atoms with Gasteiger partial charge in [0.2, 0.25) is 0 Å². The number of hydrogen-bond acceptors (Lipinski definition) is 4. The van der Waals surface area contributed by atoms with Crippen molar-refractivity contribution in [1.29, 1.82) is 0 Å². The van der Waals surface area contributed by atoms with Crippen molar-refractivity contribution < 1.29 is 9.66 Å². The van der Waals surface area contributed by atoms with Crippen molar-refractivity contribution in [3.8, 4) is 5.75 Å². The molecular formula is C14H15N3O3. The predicted molar refractivity (Wildman–Crippen MR) is 75.0 cm³/mol. The maximum absolute atomic E-state index is 10.9. The van der Waals surface area contributed by atoms with E-state index in [4.69, 9.17) is 4.74 Å². The topological polar surface area (TPSA) is 69.7 Å². The molecule has 0 fully saturated rings. The van der Waals surface area contributed by atoms with E-state index in [1.165, 1.54) is 13.2 Å². The van der Waals surface area contributed by atoms with Crippen LogP contribution in [0.25, 0.3) is 0 Å². The van der Waals surface area contributed by atoms with Crippen LogP contribution < -0.4 is 10.2 Å². The summed E-state index contributed by atoms with van der Waals surface area (Å²) in [4.78, 5) is 15.0. The number of nitro benzene ring substituents is 1. The number of benzene rings is 1. The molecule has 0 amide bonds. The summed E-state index contributed by atoms with van der Waals surface area (Å²) >= 11 is 0. The standard InChI is InChI=1S/C14H15N3O3/c1-10-8-12(17(18)19)13(20-3)9-11(10)15-14-6-4-5-7-16(14)2/h4-9H,1-3H3. The molecule has 0 spiro atoms. The van der Waals surface area contributed by atoms with Gasteiger partial charge in [0.25, 0.3) is 0 Å². The Bertz CT molecular complexity index is 720. The van der Waals surface area contributed by atoms with E-state index in [-0.39, 0.29) is 11.4 Å². The third kappa shape index (κ3) is 2.69. The lowest BCUT2D eigenvalue weighted by Crippen LogP contribution is -2.15. The number of nitrogens with zero attached hydrogens (tertiary/aromatic N) is 3. The Morgan fingerprint density at radius 3 is 2.70 bits per heavy atom. The molecule has 0 bridgehead atoms. The lowest BCUT2D eigenvalue weighted by molar-refractivity contribution is -0.385. The molecule has 0 aliphatic carbocycles. The van der Waals surface area contributed by atoms with E-state index in [1.807, 2.05) is 36.0 Å². The van der Waals surface area contributed by atoms with Crippen molar-refractivity contribution in [2.45, 2.75) is 6.92 Å². The normalized spacial score (nSPS) is 11.4. The van der Waals surface area contributed by atoms with Gasteiger partial charge in [-0.3, -0.25) is 10.1 Å². The second-order valence-corrected chi connectivity index (χ2v) is 4.35. The van der Waals surface area contributed by atoms with Crippen LogP contribution in [-0.2, 0) is 7.05 Å². The van der Waals surface area contributed by atoms with E-state index in [1.54, 1.807) is 13.0 Å². The minimum atomic E-state index is -0.460.